The lowest BCUT2D eigenvalue weighted by Gasteiger charge is -2.46. The summed E-state index contributed by atoms with van der Waals surface area (Å²) < 4.78 is 18.8. The van der Waals surface area contributed by atoms with Gasteiger partial charge in [-0.1, -0.05) is 23.2 Å². The zero-order valence-electron chi connectivity index (χ0n) is 15.0. The van der Waals surface area contributed by atoms with E-state index in [9.17, 15) is 4.39 Å². The molecule has 4 rings (SSSR count). The Hall–Kier alpha value is -1.56. The summed E-state index contributed by atoms with van der Waals surface area (Å²) in [7, 11) is 0. The number of piperazine rings is 1. The third-order valence-corrected chi connectivity index (χ3v) is 5.88. The molecule has 0 bridgehead atoms. The molecule has 4 nitrogen and oxygen atoms in total. The number of ether oxygens (including phenoxy) is 1. The number of hydrogen-bond acceptors (Lipinski definition) is 4. The lowest BCUT2D eigenvalue weighted by molar-refractivity contribution is 0.0727. The Labute approximate surface area is 168 Å². The van der Waals surface area contributed by atoms with Crippen molar-refractivity contribution in [3.05, 3.63) is 52.4 Å². The van der Waals surface area contributed by atoms with Crippen molar-refractivity contribution >= 4 is 29.0 Å². The van der Waals surface area contributed by atoms with E-state index >= 15 is 0 Å². The first kappa shape index (κ1) is 18.8. The van der Waals surface area contributed by atoms with Crippen LogP contribution in [-0.2, 0) is 0 Å². The number of aromatic nitrogens is 1. The van der Waals surface area contributed by atoms with E-state index in [-0.39, 0.29) is 5.82 Å². The molecule has 0 amide bonds. The molecule has 2 aromatic rings. The van der Waals surface area contributed by atoms with Gasteiger partial charge in [0, 0.05) is 44.3 Å². The minimum Gasteiger partial charge on any atom is -0.493 e. The van der Waals surface area contributed by atoms with Crippen LogP contribution in [0.5, 0.6) is 5.75 Å². The van der Waals surface area contributed by atoms with Crippen LogP contribution in [0.15, 0.2) is 36.5 Å². The van der Waals surface area contributed by atoms with Crippen molar-refractivity contribution in [3.8, 4) is 5.75 Å². The van der Waals surface area contributed by atoms with Gasteiger partial charge in [0.2, 0.25) is 0 Å². The van der Waals surface area contributed by atoms with Gasteiger partial charge >= 0.3 is 0 Å². The van der Waals surface area contributed by atoms with Gasteiger partial charge in [0.25, 0.3) is 0 Å². The van der Waals surface area contributed by atoms with Crippen LogP contribution in [-0.4, -0.2) is 48.7 Å². The Bertz CT molecular complexity index is 789. The molecule has 2 atom stereocenters. The van der Waals surface area contributed by atoms with Gasteiger partial charge in [0.15, 0.2) is 0 Å². The molecule has 0 spiro atoms. The minimum atomic E-state index is -0.240. The molecule has 0 saturated carbocycles. The molecule has 2 aliphatic heterocycles. The van der Waals surface area contributed by atoms with Crippen LogP contribution >= 0.6 is 23.2 Å². The maximum atomic E-state index is 13.0. The topological polar surface area (TPSA) is 28.6 Å². The number of hydrogen-bond donors (Lipinski definition) is 0. The summed E-state index contributed by atoms with van der Waals surface area (Å²) in [6, 6.07) is 8.49. The molecule has 2 aliphatic rings. The number of benzene rings is 1. The zero-order valence-corrected chi connectivity index (χ0v) is 16.5. The molecular weight excluding hydrogens is 388 g/mol. The first-order valence-electron chi connectivity index (χ1n) is 9.27. The van der Waals surface area contributed by atoms with Gasteiger partial charge in [-0.05, 0) is 43.2 Å². The third kappa shape index (κ3) is 4.48. The molecule has 3 heterocycles. The molecule has 0 aliphatic carbocycles. The summed E-state index contributed by atoms with van der Waals surface area (Å²) in [5.41, 5.74) is 0. The average molecular weight is 410 g/mol. The number of fused-ring (bicyclic) bond motifs is 1. The van der Waals surface area contributed by atoms with Crippen molar-refractivity contribution in [3.63, 3.8) is 0 Å². The highest BCUT2D eigenvalue weighted by molar-refractivity contribution is 6.36. The van der Waals surface area contributed by atoms with E-state index in [0.29, 0.717) is 28.6 Å². The van der Waals surface area contributed by atoms with Crippen molar-refractivity contribution in [2.75, 3.05) is 37.7 Å². The highest BCUT2D eigenvalue weighted by Gasteiger charge is 2.34. The van der Waals surface area contributed by atoms with E-state index in [1.54, 1.807) is 24.4 Å². The smallest absolute Gasteiger partial charge is 0.147 e. The third-order valence-electron chi connectivity index (χ3n) is 5.39. The van der Waals surface area contributed by atoms with E-state index < -0.39 is 0 Å². The van der Waals surface area contributed by atoms with Crippen molar-refractivity contribution < 1.29 is 9.13 Å². The van der Waals surface area contributed by atoms with Gasteiger partial charge < -0.3 is 9.64 Å². The summed E-state index contributed by atoms with van der Waals surface area (Å²) in [4.78, 5) is 9.22. The summed E-state index contributed by atoms with van der Waals surface area (Å²) in [6.45, 7) is 4.51. The van der Waals surface area contributed by atoms with E-state index in [2.05, 4.69) is 14.8 Å². The molecule has 0 radical (unpaired) electrons. The summed E-state index contributed by atoms with van der Waals surface area (Å²) in [5, 5.41) is 1.17. The molecule has 2 fully saturated rings. The molecular formula is C20H22Cl2FN3O. The molecule has 7 heteroatoms. The number of piperidine rings is 1. The van der Waals surface area contributed by atoms with Crippen LogP contribution in [0.2, 0.25) is 10.0 Å². The number of nitrogens with zero attached hydrogens (tertiary/aromatic N) is 3. The van der Waals surface area contributed by atoms with Crippen molar-refractivity contribution in [1.82, 2.24) is 9.88 Å². The molecule has 1 aromatic carbocycles. The Morgan fingerprint density at radius 1 is 1.11 bits per heavy atom. The molecule has 0 N–H and O–H groups in total. The summed E-state index contributed by atoms with van der Waals surface area (Å²) in [6.07, 6.45) is 3.90. The second-order valence-electron chi connectivity index (χ2n) is 7.26. The van der Waals surface area contributed by atoms with Gasteiger partial charge in [0.05, 0.1) is 16.7 Å². The highest BCUT2D eigenvalue weighted by Crippen LogP contribution is 2.31. The SMILES string of the molecule is Fc1ccc(OCC2CCC3CN(c4ncc(Cl)cc4Cl)CCN3C2)cc1. The molecule has 1 aromatic heterocycles. The van der Waals surface area contributed by atoms with E-state index in [1.165, 1.54) is 12.1 Å². The van der Waals surface area contributed by atoms with Gasteiger partial charge in [-0.15, -0.1) is 0 Å². The monoisotopic (exact) mass is 409 g/mol. The van der Waals surface area contributed by atoms with Crippen molar-refractivity contribution in [1.29, 1.82) is 0 Å². The Morgan fingerprint density at radius 3 is 2.70 bits per heavy atom. The van der Waals surface area contributed by atoms with E-state index in [4.69, 9.17) is 27.9 Å². The summed E-state index contributed by atoms with van der Waals surface area (Å²) >= 11 is 12.3. The first-order chi connectivity index (χ1) is 13.1. The molecule has 2 saturated heterocycles. The number of rotatable bonds is 4. The van der Waals surface area contributed by atoms with Gasteiger partial charge in [0.1, 0.15) is 17.4 Å². The van der Waals surface area contributed by atoms with Crippen LogP contribution < -0.4 is 9.64 Å². The maximum Gasteiger partial charge on any atom is 0.147 e. The second-order valence-corrected chi connectivity index (χ2v) is 8.11. The van der Waals surface area contributed by atoms with Crippen molar-refractivity contribution in [2.24, 2.45) is 5.92 Å². The second kappa shape index (κ2) is 8.21. The Morgan fingerprint density at radius 2 is 1.93 bits per heavy atom. The summed E-state index contributed by atoms with van der Waals surface area (Å²) in [5.74, 6) is 1.81. The van der Waals surface area contributed by atoms with Crippen LogP contribution in [0.1, 0.15) is 12.8 Å². The van der Waals surface area contributed by atoms with Gasteiger partial charge in [-0.2, -0.15) is 0 Å². The average Bonchev–Trinajstić information content (AvgIpc) is 2.67. The lowest BCUT2D eigenvalue weighted by Crippen LogP contribution is -2.57. The number of anilines is 1. The number of halogens is 3. The zero-order chi connectivity index (χ0) is 18.8. The molecule has 27 heavy (non-hydrogen) atoms. The van der Waals surface area contributed by atoms with Gasteiger partial charge in [-0.3, -0.25) is 4.90 Å². The first-order valence-corrected chi connectivity index (χ1v) is 10.0. The highest BCUT2D eigenvalue weighted by atomic mass is 35.5. The molecule has 144 valence electrons. The fourth-order valence-corrected chi connectivity index (χ4v) is 4.47. The van der Waals surface area contributed by atoms with Crippen molar-refractivity contribution in [2.45, 2.75) is 18.9 Å². The molecule has 2 unspecified atom stereocenters. The van der Waals surface area contributed by atoms with E-state index in [1.807, 2.05) is 0 Å². The largest absolute Gasteiger partial charge is 0.493 e. The Kier molecular flexibility index (Phi) is 5.71. The van der Waals surface area contributed by atoms with Crippen LogP contribution in [0.4, 0.5) is 10.2 Å². The standard InChI is InChI=1S/C20H22Cl2FN3O/c21-15-9-19(22)20(24-10-15)26-8-7-25-11-14(1-4-17(25)12-26)13-27-18-5-2-16(23)3-6-18/h2-3,5-6,9-10,14,17H,1,4,7-8,11-13H2. The normalized spacial score (nSPS) is 23.1. The predicted molar refractivity (Wildman–Crippen MR) is 106 cm³/mol. The van der Waals surface area contributed by atoms with Crippen LogP contribution in [0.25, 0.3) is 0 Å². The number of pyridine rings is 1. The van der Waals surface area contributed by atoms with E-state index in [0.717, 1.165) is 50.6 Å². The Balaban J connectivity index is 1.31. The van der Waals surface area contributed by atoms with Gasteiger partial charge in [-0.25, -0.2) is 9.37 Å². The van der Waals surface area contributed by atoms with Crippen LogP contribution in [0, 0.1) is 11.7 Å². The lowest BCUT2D eigenvalue weighted by atomic mass is 9.91. The maximum absolute atomic E-state index is 13.0. The fraction of sp³-hybridized carbons (Fsp3) is 0.450. The fourth-order valence-electron chi connectivity index (χ4n) is 3.97. The van der Waals surface area contributed by atoms with Crippen LogP contribution in [0.3, 0.4) is 0 Å². The predicted octanol–water partition coefficient (Wildman–Crippen LogP) is 4.51. The quantitative estimate of drug-likeness (QED) is 0.742. The minimum absolute atomic E-state index is 0.240.